The van der Waals surface area contributed by atoms with Crippen molar-refractivity contribution in [3.05, 3.63) is 0 Å². The van der Waals surface area contributed by atoms with Gasteiger partial charge >= 0.3 is 12.0 Å². The molecular formula is C13H24N2O4. The molecule has 1 aliphatic rings. The Hall–Kier alpha value is -1.30. The van der Waals surface area contributed by atoms with Crippen LogP contribution in [0.25, 0.3) is 0 Å². The van der Waals surface area contributed by atoms with Crippen LogP contribution in [0.3, 0.4) is 0 Å². The summed E-state index contributed by atoms with van der Waals surface area (Å²) < 4.78 is 5.18. The van der Waals surface area contributed by atoms with Gasteiger partial charge in [0.15, 0.2) is 0 Å². The van der Waals surface area contributed by atoms with Gasteiger partial charge in [0.2, 0.25) is 0 Å². The molecule has 1 fully saturated rings. The van der Waals surface area contributed by atoms with Gasteiger partial charge in [-0.1, -0.05) is 20.3 Å². The highest BCUT2D eigenvalue weighted by molar-refractivity contribution is 5.78. The van der Waals surface area contributed by atoms with Gasteiger partial charge in [-0.25, -0.2) is 4.79 Å². The molecule has 1 rings (SSSR count). The van der Waals surface area contributed by atoms with Gasteiger partial charge in [0, 0.05) is 26.3 Å². The molecule has 110 valence electrons. The standard InChI is InChI=1S/C13H24N2O4/c1-3-10(2)8-14-12(18)15-9-13(11(16)17)4-6-19-7-5-13/h10H,3-9H2,1-2H3,(H,16,17)(H2,14,15,18). The highest BCUT2D eigenvalue weighted by Crippen LogP contribution is 2.29. The summed E-state index contributed by atoms with van der Waals surface area (Å²) in [5.74, 6) is -0.444. The lowest BCUT2D eigenvalue weighted by atomic mass is 9.80. The first kappa shape index (κ1) is 15.8. The average molecular weight is 272 g/mol. The minimum atomic E-state index is -0.883. The van der Waals surface area contributed by atoms with Crippen LogP contribution in [0.2, 0.25) is 0 Å². The molecule has 0 spiro atoms. The van der Waals surface area contributed by atoms with Crippen LogP contribution in [0.5, 0.6) is 0 Å². The van der Waals surface area contributed by atoms with Gasteiger partial charge in [-0.3, -0.25) is 4.79 Å². The molecule has 1 heterocycles. The first-order chi connectivity index (χ1) is 9.00. The van der Waals surface area contributed by atoms with E-state index < -0.39 is 11.4 Å². The molecule has 0 aliphatic carbocycles. The summed E-state index contributed by atoms with van der Waals surface area (Å²) in [7, 11) is 0. The van der Waals surface area contributed by atoms with Crippen LogP contribution in [-0.2, 0) is 9.53 Å². The molecule has 6 heteroatoms. The van der Waals surface area contributed by atoms with Crippen LogP contribution in [0.1, 0.15) is 33.1 Å². The van der Waals surface area contributed by atoms with Crippen LogP contribution in [0.15, 0.2) is 0 Å². The summed E-state index contributed by atoms with van der Waals surface area (Å²) in [6.45, 7) is 5.73. The molecule has 0 aromatic rings. The van der Waals surface area contributed by atoms with Crippen molar-refractivity contribution < 1.29 is 19.4 Å². The maximum Gasteiger partial charge on any atom is 0.314 e. The van der Waals surface area contributed by atoms with Crippen molar-refractivity contribution in [2.75, 3.05) is 26.3 Å². The fourth-order valence-corrected chi connectivity index (χ4v) is 1.95. The summed E-state index contributed by atoms with van der Waals surface area (Å²) in [4.78, 5) is 23.0. The quantitative estimate of drug-likeness (QED) is 0.678. The lowest BCUT2D eigenvalue weighted by molar-refractivity contribution is -0.154. The van der Waals surface area contributed by atoms with Crippen LogP contribution in [0.4, 0.5) is 4.79 Å². The van der Waals surface area contributed by atoms with Crippen LogP contribution < -0.4 is 10.6 Å². The third kappa shape index (κ3) is 4.70. The Morgan fingerprint density at radius 1 is 1.32 bits per heavy atom. The number of carboxylic acid groups (broad SMARTS) is 1. The van der Waals surface area contributed by atoms with E-state index >= 15 is 0 Å². The molecule has 0 aromatic heterocycles. The Labute approximate surface area is 113 Å². The maximum absolute atomic E-state index is 11.6. The molecule has 1 aliphatic heterocycles. The minimum absolute atomic E-state index is 0.151. The summed E-state index contributed by atoms with van der Waals surface area (Å²) in [6.07, 6.45) is 1.87. The van der Waals surface area contributed by atoms with Crippen LogP contribution >= 0.6 is 0 Å². The molecule has 6 nitrogen and oxygen atoms in total. The van der Waals surface area contributed by atoms with Crippen molar-refractivity contribution in [2.45, 2.75) is 33.1 Å². The second-order valence-corrected chi connectivity index (χ2v) is 5.27. The normalized spacial score (nSPS) is 19.5. The predicted octanol–water partition coefficient (Wildman–Crippen LogP) is 1.21. The number of ether oxygens (including phenoxy) is 1. The lowest BCUT2D eigenvalue weighted by Gasteiger charge is -2.33. The third-order valence-corrected chi connectivity index (χ3v) is 3.80. The van der Waals surface area contributed by atoms with Gasteiger partial charge in [-0.2, -0.15) is 0 Å². The van der Waals surface area contributed by atoms with E-state index in [2.05, 4.69) is 24.5 Å². The van der Waals surface area contributed by atoms with Gasteiger partial charge in [0.05, 0.1) is 5.41 Å². The number of carbonyl (C=O) groups excluding carboxylic acids is 1. The number of carboxylic acids is 1. The van der Waals surface area contributed by atoms with E-state index in [-0.39, 0.29) is 12.6 Å². The van der Waals surface area contributed by atoms with E-state index in [9.17, 15) is 14.7 Å². The van der Waals surface area contributed by atoms with E-state index in [4.69, 9.17) is 4.74 Å². The van der Waals surface area contributed by atoms with E-state index in [0.717, 1.165) is 6.42 Å². The van der Waals surface area contributed by atoms with Gasteiger partial charge in [0.25, 0.3) is 0 Å². The van der Waals surface area contributed by atoms with Gasteiger partial charge in [-0.05, 0) is 18.8 Å². The fraction of sp³-hybridized carbons (Fsp3) is 0.846. The smallest absolute Gasteiger partial charge is 0.314 e. The zero-order valence-electron chi connectivity index (χ0n) is 11.7. The molecule has 1 saturated heterocycles. The summed E-state index contributed by atoms with van der Waals surface area (Å²) in [5.41, 5.74) is -0.883. The Kier molecular flexibility index (Phi) is 6.08. The predicted molar refractivity (Wildman–Crippen MR) is 71.0 cm³/mol. The number of rotatable bonds is 6. The van der Waals surface area contributed by atoms with Crippen molar-refractivity contribution in [1.29, 1.82) is 0 Å². The van der Waals surface area contributed by atoms with Gasteiger partial charge < -0.3 is 20.5 Å². The molecule has 19 heavy (non-hydrogen) atoms. The highest BCUT2D eigenvalue weighted by atomic mass is 16.5. The summed E-state index contributed by atoms with van der Waals surface area (Å²) in [5, 5.41) is 14.8. The van der Waals surface area contributed by atoms with E-state index in [1.165, 1.54) is 0 Å². The van der Waals surface area contributed by atoms with Crippen molar-refractivity contribution >= 4 is 12.0 Å². The Morgan fingerprint density at radius 3 is 2.47 bits per heavy atom. The van der Waals surface area contributed by atoms with E-state index in [1.807, 2.05) is 0 Å². The Morgan fingerprint density at radius 2 is 1.95 bits per heavy atom. The number of nitrogens with one attached hydrogen (secondary N) is 2. The van der Waals surface area contributed by atoms with E-state index in [0.29, 0.717) is 38.5 Å². The van der Waals surface area contributed by atoms with E-state index in [1.54, 1.807) is 0 Å². The average Bonchev–Trinajstić information content (AvgIpc) is 2.43. The fourth-order valence-electron chi connectivity index (χ4n) is 1.95. The number of amides is 2. The van der Waals surface area contributed by atoms with Crippen LogP contribution in [0, 0.1) is 11.3 Å². The molecule has 3 N–H and O–H groups in total. The third-order valence-electron chi connectivity index (χ3n) is 3.80. The second kappa shape index (κ2) is 7.33. The first-order valence-electron chi connectivity index (χ1n) is 6.83. The summed E-state index contributed by atoms with van der Waals surface area (Å²) >= 11 is 0. The zero-order chi connectivity index (χ0) is 14.3. The van der Waals surface area contributed by atoms with Crippen LogP contribution in [-0.4, -0.2) is 43.4 Å². The maximum atomic E-state index is 11.6. The second-order valence-electron chi connectivity index (χ2n) is 5.27. The highest BCUT2D eigenvalue weighted by Gasteiger charge is 2.40. The Balaban J connectivity index is 2.39. The lowest BCUT2D eigenvalue weighted by Crippen LogP contribution is -2.49. The number of carbonyl (C=O) groups is 2. The van der Waals surface area contributed by atoms with Crippen molar-refractivity contribution in [1.82, 2.24) is 10.6 Å². The number of urea groups is 1. The number of hydrogen-bond acceptors (Lipinski definition) is 3. The van der Waals surface area contributed by atoms with Crippen molar-refractivity contribution in [3.8, 4) is 0 Å². The summed E-state index contributed by atoms with van der Waals surface area (Å²) in [6, 6.07) is -0.299. The Bertz CT molecular complexity index is 314. The molecule has 0 bridgehead atoms. The zero-order valence-corrected chi connectivity index (χ0v) is 11.7. The van der Waals surface area contributed by atoms with Crippen molar-refractivity contribution in [2.24, 2.45) is 11.3 Å². The monoisotopic (exact) mass is 272 g/mol. The molecule has 1 unspecified atom stereocenters. The van der Waals surface area contributed by atoms with Gasteiger partial charge in [-0.15, -0.1) is 0 Å². The molecule has 0 radical (unpaired) electrons. The van der Waals surface area contributed by atoms with Crippen molar-refractivity contribution in [3.63, 3.8) is 0 Å². The molecule has 0 aromatic carbocycles. The molecule has 0 saturated carbocycles. The largest absolute Gasteiger partial charge is 0.481 e. The topological polar surface area (TPSA) is 87.7 Å². The molecule has 2 amide bonds. The van der Waals surface area contributed by atoms with Gasteiger partial charge in [0.1, 0.15) is 0 Å². The number of aliphatic carboxylic acids is 1. The first-order valence-corrected chi connectivity index (χ1v) is 6.83. The minimum Gasteiger partial charge on any atom is -0.481 e. The SMILES string of the molecule is CCC(C)CNC(=O)NCC1(C(=O)O)CCOCC1. The number of hydrogen-bond donors (Lipinski definition) is 3. The molecular weight excluding hydrogens is 248 g/mol. The molecule has 1 atom stereocenters.